The van der Waals surface area contributed by atoms with Crippen LogP contribution in [0.4, 0.5) is 5.69 Å². The van der Waals surface area contributed by atoms with Crippen molar-refractivity contribution in [2.75, 3.05) is 11.8 Å². The largest absolute Gasteiger partial charge is 0.495 e. The first-order chi connectivity index (χ1) is 10.3. The van der Waals surface area contributed by atoms with Gasteiger partial charge in [0, 0.05) is 5.02 Å². The Balaban J connectivity index is 2.52. The van der Waals surface area contributed by atoms with Crippen molar-refractivity contribution in [2.45, 2.75) is 25.7 Å². The maximum absolute atomic E-state index is 12.7. The van der Waals surface area contributed by atoms with E-state index in [1.807, 2.05) is 13.8 Å². The molecular weight excluding hydrogens is 322 g/mol. The highest BCUT2D eigenvalue weighted by molar-refractivity contribution is 7.92. The van der Waals surface area contributed by atoms with E-state index in [4.69, 9.17) is 16.3 Å². The average Bonchev–Trinajstić information content (AvgIpc) is 2.46. The Morgan fingerprint density at radius 1 is 1.09 bits per heavy atom. The van der Waals surface area contributed by atoms with Gasteiger partial charge in [-0.2, -0.15) is 0 Å². The average molecular weight is 340 g/mol. The van der Waals surface area contributed by atoms with Gasteiger partial charge in [0.05, 0.1) is 12.8 Å². The second-order valence-electron chi connectivity index (χ2n) is 5.11. The zero-order valence-electron chi connectivity index (χ0n) is 12.9. The van der Waals surface area contributed by atoms with Crippen molar-refractivity contribution >= 4 is 27.3 Å². The van der Waals surface area contributed by atoms with Crippen molar-refractivity contribution in [3.63, 3.8) is 0 Å². The lowest BCUT2D eigenvalue weighted by Crippen LogP contribution is -2.15. The number of benzene rings is 2. The Hall–Kier alpha value is -1.72. The Labute approximate surface area is 136 Å². The minimum Gasteiger partial charge on any atom is -0.495 e. The molecule has 1 N–H and O–H groups in total. The molecular formula is C16H18ClNO3S. The summed E-state index contributed by atoms with van der Waals surface area (Å²) < 4.78 is 33.1. The van der Waals surface area contributed by atoms with Crippen molar-refractivity contribution in [3.05, 3.63) is 52.0 Å². The molecule has 2 aromatic rings. The third-order valence-electron chi connectivity index (χ3n) is 3.58. The molecule has 118 valence electrons. The topological polar surface area (TPSA) is 55.4 Å². The van der Waals surface area contributed by atoms with Crippen LogP contribution in [-0.2, 0) is 10.0 Å². The number of halogens is 1. The molecule has 0 bridgehead atoms. The summed E-state index contributed by atoms with van der Waals surface area (Å²) in [6.07, 6.45) is 0. The van der Waals surface area contributed by atoms with Crippen molar-refractivity contribution < 1.29 is 13.2 Å². The van der Waals surface area contributed by atoms with Gasteiger partial charge < -0.3 is 4.74 Å². The van der Waals surface area contributed by atoms with Gasteiger partial charge in [-0.15, -0.1) is 0 Å². The smallest absolute Gasteiger partial charge is 0.265 e. The Bertz CT molecular complexity index is 816. The van der Waals surface area contributed by atoms with Gasteiger partial charge in [0.1, 0.15) is 10.6 Å². The third kappa shape index (κ3) is 3.20. The number of methoxy groups -OCH3 is 1. The lowest BCUT2D eigenvalue weighted by Gasteiger charge is -2.15. The number of ether oxygens (including phenoxy) is 1. The van der Waals surface area contributed by atoms with Gasteiger partial charge in [0.15, 0.2) is 0 Å². The van der Waals surface area contributed by atoms with E-state index in [0.29, 0.717) is 22.0 Å². The maximum atomic E-state index is 12.7. The highest BCUT2D eigenvalue weighted by Gasteiger charge is 2.21. The predicted octanol–water partition coefficient (Wildman–Crippen LogP) is 4.07. The minimum absolute atomic E-state index is 0.109. The summed E-state index contributed by atoms with van der Waals surface area (Å²) in [4.78, 5) is 0.109. The molecule has 0 saturated heterocycles. The van der Waals surface area contributed by atoms with E-state index in [0.717, 1.165) is 11.1 Å². The van der Waals surface area contributed by atoms with Crippen LogP contribution in [0.5, 0.6) is 5.75 Å². The molecule has 4 nitrogen and oxygen atoms in total. The molecule has 2 rings (SSSR count). The Kier molecular flexibility index (Phi) is 4.68. The summed E-state index contributed by atoms with van der Waals surface area (Å²) in [6.45, 7) is 5.53. The first-order valence-electron chi connectivity index (χ1n) is 6.69. The van der Waals surface area contributed by atoms with E-state index in [9.17, 15) is 8.42 Å². The fraction of sp³-hybridized carbons (Fsp3) is 0.250. The van der Waals surface area contributed by atoms with Gasteiger partial charge in [-0.05, 0) is 61.7 Å². The van der Waals surface area contributed by atoms with Crippen LogP contribution in [0, 0.1) is 20.8 Å². The zero-order valence-corrected chi connectivity index (χ0v) is 14.5. The number of hydrogen-bond acceptors (Lipinski definition) is 3. The van der Waals surface area contributed by atoms with Crippen LogP contribution in [0.2, 0.25) is 5.02 Å². The monoisotopic (exact) mass is 339 g/mol. The molecule has 0 aliphatic carbocycles. The number of nitrogens with one attached hydrogen (secondary N) is 1. The van der Waals surface area contributed by atoms with Crippen LogP contribution in [-0.4, -0.2) is 15.5 Å². The third-order valence-corrected chi connectivity index (χ3v) is 5.38. The van der Waals surface area contributed by atoms with E-state index in [2.05, 4.69) is 4.72 Å². The quantitative estimate of drug-likeness (QED) is 0.913. The molecule has 0 aliphatic heterocycles. The fourth-order valence-electron chi connectivity index (χ4n) is 2.05. The molecule has 0 atom stereocenters. The van der Waals surface area contributed by atoms with Crippen molar-refractivity contribution in [3.8, 4) is 5.75 Å². The van der Waals surface area contributed by atoms with Gasteiger partial charge >= 0.3 is 0 Å². The molecule has 0 aliphatic rings. The van der Waals surface area contributed by atoms with E-state index in [1.54, 1.807) is 37.3 Å². The lowest BCUT2D eigenvalue weighted by atomic mass is 10.1. The number of aryl methyl sites for hydroxylation is 2. The first-order valence-corrected chi connectivity index (χ1v) is 8.55. The molecule has 0 fully saturated rings. The van der Waals surface area contributed by atoms with Crippen LogP contribution in [0.25, 0.3) is 0 Å². The van der Waals surface area contributed by atoms with E-state index >= 15 is 0 Å². The molecule has 0 spiro atoms. The molecule has 0 radical (unpaired) electrons. The Morgan fingerprint density at radius 2 is 1.73 bits per heavy atom. The molecule has 0 heterocycles. The van der Waals surface area contributed by atoms with Crippen LogP contribution in [0.1, 0.15) is 16.7 Å². The fourth-order valence-corrected chi connectivity index (χ4v) is 3.58. The second kappa shape index (κ2) is 6.18. The van der Waals surface area contributed by atoms with Gasteiger partial charge in [0.2, 0.25) is 0 Å². The highest BCUT2D eigenvalue weighted by Crippen LogP contribution is 2.31. The standard InChI is InChI=1S/C16H18ClNO3S/c1-10-8-15(21-4)16(9-11(10)2)22(19,20)18-14-7-5-6-13(17)12(14)3/h5-9,18H,1-4H3. The normalized spacial score (nSPS) is 11.3. The van der Waals surface area contributed by atoms with Crippen molar-refractivity contribution in [1.82, 2.24) is 0 Å². The van der Waals surface area contributed by atoms with Crippen LogP contribution in [0.3, 0.4) is 0 Å². The molecule has 22 heavy (non-hydrogen) atoms. The lowest BCUT2D eigenvalue weighted by molar-refractivity contribution is 0.402. The first kappa shape index (κ1) is 16.6. The van der Waals surface area contributed by atoms with E-state index in [1.165, 1.54) is 7.11 Å². The van der Waals surface area contributed by atoms with Gasteiger partial charge in [0.25, 0.3) is 10.0 Å². The van der Waals surface area contributed by atoms with Gasteiger partial charge in [-0.25, -0.2) is 8.42 Å². The molecule has 0 amide bonds. The molecule has 0 aromatic heterocycles. The summed E-state index contributed by atoms with van der Waals surface area (Å²) in [5, 5.41) is 0.507. The number of hydrogen-bond donors (Lipinski definition) is 1. The Morgan fingerprint density at radius 3 is 2.36 bits per heavy atom. The van der Waals surface area contributed by atoms with Gasteiger partial charge in [-0.3, -0.25) is 4.72 Å². The number of anilines is 1. The summed E-state index contributed by atoms with van der Waals surface area (Å²) in [6, 6.07) is 8.41. The summed E-state index contributed by atoms with van der Waals surface area (Å²) in [7, 11) is -2.32. The van der Waals surface area contributed by atoms with E-state index < -0.39 is 10.0 Å². The maximum Gasteiger partial charge on any atom is 0.265 e. The molecule has 0 unspecified atom stereocenters. The number of sulfonamides is 1. The van der Waals surface area contributed by atoms with Crippen molar-refractivity contribution in [2.24, 2.45) is 0 Å². The molecule has 0 saturated carbocycles. The van der Waals surface area contributed by atoms with Crippen molar-refractivity contribution in [1.29, 1.82) is 0 Å². The van der Waals surface area contributed by atoms with Gasteiger partial charge in [-0.1, -0.05) is 17.7 Å². The SMILES string of the molecule is COc1cc(C)c(C)cc1S(=O)(=O)Nc1cccc(Cl)c1C. The molecule has 2 aromatic carbocycles. The summed E-state index contributed by atoms with van der Waals surface area (Å²) in [5.41, 5.74) is 2.97. The summed E-state index contributed by atoms with van der Waals surface area (Å²) in [5.74, 6) is 0.315. The minimum atomic E-state index is -3.77. The highest BCUT2D eigenvalue weighted by atomic mass is 35.5. The van der Waals surface area contributed by atoms with Crippen LogP contribution >= 0.6 is 11.6 Å². The summed E-state index contributed by atoms with van der Waals surface area (Å²) >= 11 is 6.03. The zero-order chi connectivity index (χ0) is 16.5. The molecule has 6 heteroatoms. The number of rotatable bonds is 4. The van der Waals surface area contributed by atoms with E-state index in [-0.39, 0.29) is 4.90 Å². The second-order valence-corrected chi connectivity index (χ2v) is 7.16. The van der Waals surface area contributed by atoms with Crippen LogP contribution in [0.15, 0.2) is 35.2 Å². The predicted molar refractivity (Wildman–Crippen MR) is 89.5 cm³/mol. The van der Waals surface area contributed by atoms with Crippen LogP contribution < -0.4 is 9.46 Å².